The Labute approximate surface area is 218 Å². The van der Waals surface area contributed by atoms with Crippen molar-refractivity contribution in [2.75, 3.05) is 46.3 Å². The summed E-state index contributed by atoms with van der Waals surface area (Å²) in [6.07, 6.45) is 20.7. The molecule has 0 aliphatic rings. The van der Waals surface area contributed by atoms with Crippen molar-refractivity contribution >= 4 is 29.4 Å². The number of rotatable bonds is 24. The predicted octanol–water partition coefficient (Wildman–Crippen LogP) is 6.41. The molecule has 0 heterocycles. The molecule has 0 fully saturated rings. The Morgan fingerprint density at radius 2 is 1.43 bits per heavy atom. The molecule has 0 aromatic heterocycles. The van der Waals surface area contributed by atoms with E-state index in [1.807, 2.05) is 19.0 Å². The largest absolute Gasteiger partial charge is 0.466 e. The van der Waals surface area contributed by atoms with Gasteiger partial charge in [0.15, 0.2) is 6.73 Å². The van der Waals surface area contributed by atoms with E-state index in [-0.39, 0.29) is 31.1 Å². The van der Waals surface area contributed by atoms with E-state index in [4.69, 9.17) is 4.74 Å². The van der Waals surface area contributed by atoms with Crippen LogP contribution in [0.1, 0.15) is 96.8 Å². The molecule has 0 radical (unpaired) electrons. The summed E-state index contributed by atoms with van der Waals surface area (Å²) in [5.74, 6) is 0.342. The van der Waals surface area contributed by atoms with Gasteiger partial charge in [-0.15, -0.1) is 0 Å². The van der Waals surface area contributed by atoms with Crippen molar-refractivity contribution in [3.05, 3.63) is 12.2 Å². The Kier molecular flexibility index (Phi) is 24.4. The number of allylic oxidation sites excluding steroid dienone is 2. The SMILES string of the molecule is CCCCCCCC/C=C\CCCCCCCC(=O)OCN(CCOC=O)C(=O)SCCN(C)C. The lowest BCUT2D eigenvalue weighted by molar-refractivity contribution is -0.147. The molecular weight excluding hydrogens is 464 g/mol. The quantitative estimate of drug-likeness (QED) is 0.0484. The molecule has 8 heteroatoms. The van der Waals surface area contributed by atoms with Crippen molar-refractivity contribution in [2.24, 2.45) is 0 Å². The number of hydrogen-bond acceptors (Lipinski definition) is 7. The molecule has 0 aliphatic heterocycles. The number of carbonyl (C=O) groups excluding carboxylic acids is 3. The first kappa shape index (κ1) is 33.5. The lowest BCUT2D eigenvalue weighted by Crippen LogP contribution is -2.35. The molecule has 0 unspecified atom stereocenters. The molecule has 204 valence electrons. The number of hydrogen-bond donors (Lipinski definition) is 0. The van der Waals surface area contributed by atoms with E-state index in [2.05, 4.69) is 23.8 Å². The van der Waals surface area contributed by atoms with Gasteiger partial charge in [0.05, 0.1) is 6.54 Å². The molecule has 0 bridgehead atoms. The molecular formula is C27H50N2O5S. The summed E-state index contributed by atoms with van der Waals surface area (Å²) in [7, 11) is 3.88. The van der Waals surface area contributed by atoms with Crippen LogP contribution in [-0.4, -0.2) is 73.8 Å². The zero-order valence-corrected chi connectivity index (χ0v) is 23.3. The second-order valence-electron chi connectivity index (χ2n) is 9.13. The summed E-state index contributed by atoms with van der Waals surface area (Å²) in [4.78, 5) is 38.2. The van der Waals surface area contributed by atoms with Crippen LogP contribution in [0.3, 0.4) is 0 Å². The topological polar surface area (TPSA) is 76.1 Å². The van der Waals surface area contributed by atoms with E-state index in [9.17, 15) is 14.4 Å². The summed E-state index contributed by atoms with van der Waals surface area (Å²) in [5.41, 5.74) is 0. The summed E-state index contributed by atoms with van der Waals surface area (Å²) >= 11 is 1.17. The maximum absolute atomic E-state index is 12.4. The van der Waals surface area contributed by atoms with Gasteiger partial charge in [-0.2, -0.15) is 0 Å². The molecule has 0 spiro atoms. The smallest absolute Gasteiger partial charge is 0.307 e. The second kappa shape index (κ2) is 25.5. The summed E-state index contributed by atoms with van der Waals surface area (Å²) in [5, 5.41) is -0.185. The van der Waals surface area contributed by atoms with Crippen LogP contribution in [-0.2, 0) is 19.1 Å². The predicted molar refractivity (Wildman–Crippen MR) is 146 cm³/mol. The van der Waals surface area contributed by atoms with Crippen molar-refractivity contribution in [2.45, 2.75) is 96.8 Å². The third-order valence-electron chi connectivity index (χ3n) is 5.59. The molecule has 0 aromatic rings. The van der Waals surface area contributed by atoms with Crippen molar-refractivity contribution in [3.63, 3.8) is 0 Å². The minimum Gasteiger partial charge on any atom is -0.466 e. The minimum atomic E-state index is -0.296. The van der Waals surface area contributed by atoms with Crippen LogP contribution >= 0.6 is 11.8 Å². The maximum Gasteiger partial charge on any atom is 0.307 e. The van der Waals surface area contributed by atoms with Gasteiger partial charge in [-0.3, -0.25) is 19.3 Å². The van der Waals surface area contributed by atoms with Crippen LogP contribution in [0.2, 0.25) is 0 Å². The Morgan fingerprint density at radius 1 is 0.829 bits per heavy atom. The molecule has 35 heavy (non-hydrogen) atoms. The highest BCUT2D eigenvalue weighted by atomic mass is 32.2. The fourth-order valence-corrected chi connectivity index (χ4v) is 4.35. The zero-order chi connectivity index (χ0) is 26.0. The fourth-order valence-electron chi connectivity index (χ4n) is 3.39. The van der Waals surface area contributed by atoms with Gasteiger partial charge in [0.2, 0.25) is 0 Å². The monoisotopic (exact) mass is 514 g/mol. The minimum absolute atomic E-state index is 0.0786. The summed E-state index contributed by atoms with van der Waals surface area (Å²) in [6.45, 7) is 3.54. The molecule has 0 rings (SSSR count). The third kappa shape index (κ3) is 24.0. The molecule has 7 nitrogen and oxygen atoms in total. The number of unbranched alkanes of at least 4 members (excludes halogenated alkanes) is 11. The average molecular weight is 515 g/mol. The van der Waals surface area contributed by atoms with Crippen molar-refractivity contribution in [1.29, 1.82) is 0 Å². The Balaban J connectivity index is 3.81. The van der Waals surface area contributed by atoms with E-state index in [1.165, 1.54) is 74.4 Å². The highest BCUT2D eigenvalue weighted by Crippen LogP contribution is 2.12. The van der Waals surface area contributed by atoms with Crippen LogP contribution in [0.15, 0.2) is 12.2 Å². The van der Waals surface area contributed by atoms with Crippen molar-refractivity contribution < 1.29 is 23.9 Å². The lowest BCUT2D eigenvalue weighted by atomic mass is 10.1. The van der Waals surface area contributed by atoms with Gasteiger partial charge in [-0.25, -0.2) is 0 Å². The first-order valence-electron chi connectivity index (χ1n) is 13.4. The first-order valence-corrected chi connectivity index (χ1v) is 14.4. The van der Waals surface area contributed by atoms with Crippen LogP contribution in [0, 0.1) is 0 Å². The number of amides is 1. The van der Waals surface area contributed by atoms with E-state index in [0.29, 0.717) is 18.6 Å². The van der Waals surface area contributed by atoms with Crippen molar-refractivity contribution in [1.82, 2.24) is 9.80 Å². The van der Waals surface area contributed by atoms with E-state index < -0.39 is 0 Å². The van der Waals surface area contributed by atoms with Crippen LogP contribution in [0.5, 0.6) is 0 Å². The van der Waals surface area contributed by atoms with Gasteiger partial charge in [0.1, 0.15) is 6.61 Å². The zero-order valence-electron chi connectivity index (χ0n) is 22.5. The van der Waals surface area contributed by atoms with Gasteiger partial charge < -0.3 is 14.4 Å². The van der Waals surface area contributed by atoms with Crippen molar-refractivity contribution in [3.8, 4) is 0 Å². The second-order valence-corrected chi connectivity index (χ2v) is 10.2. The van der Waals surface area contributed by atoms with Crippen LogP contribution < -0.4 is 0 Å². The highest BCUT2D eigenvalue weighted by molar-refractivity contribution is 8.13. The van der Waals surface area contributed by atoms with E-state index in [0.717, 1.165) is 32.2 Å². The number of esters is 1. The van der Waals surface area contributed by atoms with Gasteiger partial charge in [0, 0.05) is 18.7 Å². The summed E-state index contributed by atoms with van der Waals surface area (Å²) in [6, 6.07) is 0. The van der Waals surface area contributed by atoms with Gasteiger partial charge in [-0.1, -0.05) is 82.2 Å². The van der Waals surface area contributed by atoms with Gasteiger partial charge in [-0.05, 0) is 46.2 Å². The average Bonchev–Trinajstić information content (AvgIpc) is 2.83. The highest BCUT2D eigenvalue weighted by Gasteiger charge is 2.16. The number of carbonyl (C=O) groups is 3. The van der Waals surface area contributed by atoms with Crippen LogP contribution in [0.25, 0.3) is 0 Å². The number of ether oxygens (including phenoxy) is 2. The normalized spacial score (nSPS) is 11.2. The number of thioether (sulfide) groups is 1. The molecule has 0 atom stereocenters. The molecule has 1 amide bonds. The Hall–Kier alpha value is -1.54. The van der Waals surface area contributed by atoms with E-state index >= 15 is 0 Å². The van der Waals surface area contributed by atoms with Gasteiger partial charge >= 0.3 is 5.97 Å². The number of nitrogens with zero attached hydrogens (tertiary/aromatic N) is 2. The molecule has 0 N–H and O–H groups in total. The van der Waals surface area contributed by atoms with Gasteiger partial charge in [0.25, 0.3) is 11.7 Å². The molecule has 0 aliphatic carbocycles. The van der Waals surface area contributed by atoms with E-state index in [1.54, 1.807) is 0 Å². The first-order chi connectivity index (χ1) is 17.0. The molecule has 0 saturated carbocycles. The molecule has 0 aromatic carbocycles. The Morgan fingerprint density at radius 3 is 2.03 bits per heavy atom. The van der Waals surface area contributed by atoms with Crippen LogP contribution in [0.4, 0.5) is 4.79 Å². The third-order valence-corrected chi connectivity index (χ3v) is 6.49. The standard InChI is InChI=1S/C27H50N2O5S/c1-4-5-6-7-8-9-10-11-12-13-14-15-16-17-18-19-26(31)34-24-29(20-22-33-25-30)27(32)35-23-21-28(2)3/h11-12,25H,4-10,13-24H2,1-3H3/b12-11-. The molecule has 0 saturated heterocycles. The summed E-state index contributed by atoms with van der Waals surface area (Å²) < 4.78 is 9.98. The lowest BCUT2D eigenvalue weighted by Gasteiger charge is -2.21. The fraction of sp³-hybridized carbons (Fsp3) is 0.815. The Bertz CT molecular complexity index is 558. The maximum atomic E-state index is 12.4.